The Bertz CT molecular complexity index is 877. The fraction of sp³-hybridized carbons (Fsp3) is 0.278. The van der Waals surface area contributed by atoms with Gasteiger partial charge in [-0.1, -0.05) is 24.3 Å². The smallest absolute Gasteiger partial charge is 0.243 e. The summed E-state index contributed by atoms with van der Waals surface area (Å²) in [5.74, 6) is -0.844. The summed E-state index contributed by atoms with van der Waals surface area (Å²) in [6.45, 7) is 1.04. The second-order valence-corrected chi connectivity index (χ2v) is 7.89. The largest absolute Gasteiger partial charge is 0.326 e. The maximum absolute atomic E-state index is 13.6. The normalized spacial score (nSPS) is 15.2. The fourth-order valence-electron chi connectivity index (χ4n) is 2.83. The predicted molar refractivity (Wildman–Crippen MR) is 93.2 cm³/mol. The van der Waals surface area contributed by atoms with Gasteiger partial charge in [-0.05, 0) is 42.7 Å². The Morgan fingerprint density at radius 1 is 1.08 bits per heavy atom. The molecule has 0 spiro atoms. The summed E-state index contributed by atoms with van der Waals surface area (Å²) in [4.78, 5) is 12.3. The van der Waals surface area contributed by atoms with E-state index in [1.165, 1.54) is 22.5 Å². The maximum Gasteiger partial charge on any atom is 0.243 e. The first-order valence-electron chi connectivity index (χ1n) is 8.10. The van der Waals surface area contributed by atoms with E-state index in [4.69, 9.17) is 0 Å². The van der Waals surface area contributed by atoms with Crippen molar-refractivity contribution in [3.8, 4) is 0 Å². The van der Waals surface area contributed by atoms with Gasteiger partial charge in [0.1, 0.15) is 5.82 Å². The van der Waals surface area contributed by atoms with Crippen molar-refractivity contribution in [2.75, 3.05) is 18.4 Å². The van der Waals surface area contributed by atoms with Gasteiger partial charge >= 0.3 is 0 Å². The van der Waals surface area contributed by atoms with Gasteiger partial charge in [-0.2, -0.15) is 4.31 Å². The van der Waals surface area contributed by atoms with Crippen molar-refractivity contribution in [2.45, 2.75) is 24.2 Å². The lowest BCUT2D eigenvalue weighted by Crippen LogP contribution is -2.28. The average Bonchev–Trinajstić information content (AvgIpc) is 3.12. The van der Waals surface area contributed by atoms with Crippen LogP contribution in [0.3, 0.4) is 0 Å². The number of hydrogen-bond acceptors (Lipinski definition) is 3. The van der Waals surface area contributed by atoms with Crippen LogP contribution >= 0.6 is 0 Å². The molecule has 1 amide bonds. The van der Waals surface area contributed by atoms with E-state index in [9.17, 15) is 17.6 Å². The minimum Gasteiger partial charge on any atom is -0.326 e. The van der Waals surface area contributed by atoms with E-state index in [0.29, 0.717) is 24.3 Å². The average molecular weight is 362 g/mol. The van der Waals surface area contributed by atoms with Crippen LogP contribution in [0.5, 0.6) is 0 Å². The molecule has 3 rings (SSSR count). The van der Waals surface area contributed by atoms with Crippen LogP contribution in [0.25, 0.3) is 0 Å². The number of halogens is 1. The van der Waals surface area contributed by atoms with Crippen LogP contribution in [0.15, 0.2) is 53.4 Å². The molecular weight excluding hydrogens is 343 g/mol. The first-order valence-corrected chi connectivity index (χ1v) is 9.54. The molecule has 0 radical (unpaired) electrons. The van der Waals surface area contributed by atoms with Crippen LogP contribution in [0.2, 0.25) is 0 Å². The zero-order chi connectivity index (χ0) is 17.9. The Balaban J connectivity index is 1.73. The van der Waals surface area contributed by atoms with E-state index in [2.05, 4.69) is 5.32 Å². The van der Waals surface area contributed by atoms with Crippen LogP contribution in [0.4, 0.5) is 10.1 Å². The van der Waals surface area contributed by atoms with Crippen molar-refractivity contribution in [1.82, 2.24) is 4.31 Å². The lowest BCUT2D eigenvalue weighted by atomic mass is 10.1. The highest BCUT2D eigenvalue weighted by molar-refractivity contribution is 7.89. The summed E-state index contributed by atoms with van der Waals surface area (Å²) in [5.41, 5.74) is 0.669. The Morgan fingerprint density at radius 2 is 1.80 bits per heavy atom. The van der Waals surface area contributed by atoms with E-state index in [1.807, 2.05) is 0 Å². The Hall–Kier alpha value is -2.25. The van der Waals surface area contributed by atoms with Crippen LogP contribution in [-0.2, 0) is 21.2 Å². The molecule has 1 heterocycles. The first kappa shape index (κ1) is 17.6. The molecule has 0 aliphatic carbocycles. The summed E-state index contributed by atoms with van der Waals surface area (Å²) in [6, 6.07) is 12.2. The van der Waals surface area contributed by atoms with E-state index in [-0.39, 0.29) is 11.3 Å². The van der Waals surface area contributed by atoms with Crippen molar-refractivity contribution in [2.24, 2.45) is 0 Å². The number of amides is 1. The lowest BCUT2D eigenvalue weighted by molar-refractivity contribution is -0.115. The van der Waals surface area contributed by atoms with Gasteiger partial charge < -0.3 is 5.32 Å². The highest BCUT2D eigenvalue weighted by atomic mass is 32.2. The minimum absolute atomic E-state index is 0.115. The van der Waals surface area contributed by atoms with Crippen LogP contribution < -0.4 is 5.32 Å². The standard InChI is InChI=1S/C18H19FN2O3S/c19-17-9-2-1-6-14(17)12-18(22)20-15-7-5-8-16(13-15)25(23,24)21-10-3-4-11-21/h1-2,5-9,13H,3-4,10-12H2,(H,20,22). The van der Waals surface area contributed by atoms with Gasteiger partial charge in [-0.3, -0.25) is 4.79 Å². The number of carbonyl (C=O) groups is 1. The molecule has 2 aromatic carbocycles. The summed E-state index contributed by atoms with van der Waals surface area (Å²) in [6.07, 6.45) is 1.60. The quantitative estimate of drug-likeness (QED) is 0.889. The number of anilines is 1. The Kier molecular flexibility index (Phi) is 5.15. The highest BCUT2D eigenvalue weighted by Crippen LogP contribution is 2.23. The van der Waals surface area contributed by atoms with Crippen LogP contribution in [-0.4, -0.2) is 31.7 Å². The first-order chi connectivity index (χ1) is 12.0. The maximum atomic E-state index is 13.6. The SMILES string of the molecule is O=C(Cc1ccccc1F)Nc1cccc(S(=O)(=O)N2CCCC2)c1. The number of rotatable bonds is 5. The third kappa shape index (κ3) is 4.05. The van der Waals surface area contributed by atoms with Crippen molar-refractivity contribution < 1.29 is 17.6 Å². The molecule has 0 unspecified atom stereocenters. The van der Waals surface area contributed by atoms with Gasteiger partial charge in [-0.15, -0.1) is 0 Å². The van der Waals surface area contributed by atoms with Gasteiger partial charge in [0.15, 0.2) is 0 Å². The van der Waals surface area contributed by atoms with Crippen molar-refractivity contribution in [1.29, 1.82) is 0 Å². The van der Waals surface area contributed by atoms with Crippen molar-refractivity contribution in [3.05, 3.63) is 59.9 Å². The summed E-state index contributed by atoms with van der Waals surface area (Å²) in [5, 5.41) is 2.63. The molecule has 0 saturated carbocycles. The number of benzene rings is 2. The van der Waals surface area contributed by atoms with E-state index >= 15 is 0 Å². The molecular formula is C18H19FN2O3S. The van der Waals surface area contributed by atoms with E-state index in [0.717, 1.165) is 12.8 Å². The van der Waals surface area contributed by atoms with Crippen LogP contribution in [0, 0.1) is 5.82 Å². The summed E-state index contributed by atoms with van der Waals surface area (Å²) < 4.78 is 40.2. The van der Waals surface area contributed by atoms with Crippen LogP contribution in [0.1, 0.15) is 18.4 Å². The number of nitrogens with zero attached hydrogens (tertiary/aromatic N) is 1. The van der Waals surface area contributed by atoms with Gasteiger partial charge in [0, 0.05) is 18.8 Å². The van der Waals surface area contributed by atoms with E-state index < -0.39 is 21.7 Å². The van der Waals surface area contributed by atoms with Gasteiger partial charge in [0.2, 0.25) is 15.9 Å². The molecule has 1 saturated heterocycles. The second-order valence-electron chi connectivity index (χ2n) is 5.96. The van der Waals surface area contributed by atoms with Gasteiger partial charge in [0.05, 0.1) is 11.3 Å². The van der Waals surface area contributed by atoms with Crippen molar-refractivity contribution >= 4 is 21.6 Å². The number of carbonyl (C=O) groups excluding carboxylic acids is 1. The van der Waals surface area contributed by atoms with E-state index in [1.54, 1.807) is 30.3 Å². The molecule has 132 valence electrons. The highest BCUT2D eigenvalue weighted by Gasteiger charge is 2.27. The fourth-order valence-corrected chi connectivity index (χ4v) is 4.40. The molecule has 0 aromatic heterocycles. The minimum atomic E-state index is -3.54. The topological polar surface area (TPSA) is 66.5 Å². The molecule has 0 bridgehead atoms. The Morgan fingerprint density at radius 3 is 2.52 bits per heavy atom. The monoisotopic (exact) mass is 362 g/mol. The zero-order valence-corrected chi connectivity index (χ0v) is 14.4. The molecule has 1 aliphatic rings. The zero-order valence-electron chi connectivity index (χ0n) is 13.6. The molecule has 1 fully saturated rings. The number of sulfonamides is 1. The summed E-state index contributed by atoms with van der Waals surface area (Å²) >= 11 is 0. The van der Waals surface area contributed by atoms with Crippen molar-refractivity contribution in [3.63, 3.8) is 0 Å². The molecule has 25 heavy (non-hydrogen) atoms. The third-order valence-electron chi connectivity index (χ3n) is 4.13. The molecule has 1 N–H and O–H groups in total. The molecule has 0 atom stereocenters. The molecule has 5 nitrogen and oxygen atoms in total. The van der Waals surface area contributed by atoms with Gasteiger partial charge in [-0.25, -0.2) is 12.8 Å². The number of nitrogens with one attached hydrogen (secondary N) is 1. The second kappa shape index (κ2) is 7.33. The number of hydrogen-bond donors (Lipinski definition) is 1. The lowest BCUT2D eigenvalue weighted by Gasteiger charge is -2.16. The molecule has 1 aliphatic heterocycles. The predicted octanol–water partition coefficient (Wildman–Crippen LogP) is 2.79. The molecule has 2 aromatic rings. The van der Waals surface area contributed by atoms with Gasteiger partial charge in [0.25, 0.3) is 0 Å². The molecule has 7 heteroatoms. The summed E-state index contributed by atoms with van der Waals surface area (Å²) in [7, 11) is -3.54. The Labute approximate surface area is 146 Å². The third-order valence-corrected chi connectivity index (χ3v) is 6.02.